The lowest BCUT2D eigenvalue weighted by atomic mass is 9.87. The number of aryl methyl sites for hydroxylation is 1. The first-order chi connectivity index (χ1) is 13.6. The molecule has 1 atom stereocenters. The van der Waals surface area contributed by atoms with Gasteiger partial charge < -0.3 is 10.6 Å². The van der Waals surface area contributed by atoms with Gasteiger partial charge in [0.15, 0.2) is 0 Å². The van der Waals surface area contributed by atoms with E-state index in [1.165, 1.54) is 0 Å². The molecule has 6 nitrogen and oxygen atoms in total. The number of aromatic nitrogens is 1. The van der Waals surface area contributed by atoms with Gasteiger partial charge in [0.2, 0.25) is 0 Å². The Kier molecular flexibility index (Phi) is 5.78. The highest BCUT2D eigenvalue weighted by Crippen LogP contribution is 2.35. The number of nitrogens with two attached hydrogens (primary N) is 1. The van der Waals surface area contributed by atoms with Crippen molar-refractivity contribution in [2.45, 2.75) is 38.5 Å². The van der Waals surface area contributed by atoms with Crippen LogP contribution < -0.4 is 10.6 Å². The SMILES string of the molecule is Cc1ccc(CC(C#N)c2c(C#N)c(N)nc(N3CCCCC3)c2C#N)cc1. The lowest BCUT2D eigenvalue weighted by Gasteiger charge is -2.30. The van der Waals surface area contributed by atoms with E-state index in [9.17, 15) is 15.8 Å². The minimum absolute atomic E-state index is 0.0845. The van der Waals surface area contributed by atoms with E-state index in [1.807, 2.05) is 36.1 Å². The monoisotopic (exact) mass is 370 g/mol. The molecule has 1 unspecified atom stereocenters. The summed E-state index contributed by atoms with van der Waals surface area (Å²) in [6, 6.07) is 14.5. The third-order valence-corrected chi connectivity index (χ3v) is 5.19. The van der Waals surface area contributed by atoms with Crippen molar-refractivity contribution in [3.8, 4) is 18.2 Å². The third kappa shape index (κ3) is 3.75. The molecule has 2 heterocycles. The van der Waals surface area contributed by atoms with E-state index in [-0.39, 0.29) is 11.4 Å². The van der Waals surface area contributed by atoms with Crippen LogP contribution in [0.15, 0.2) is 24.3 Å². The molecule has 0 bridgehead atoms. The van der Waals surface area contributed by atoms with E-state index in [4.69, 9.17) is 5.73 Å². The average Bonchev–Trinajstić information content (AvgIpc) is 2.73. The Labute approximate surface area is 165 Å². The molecule has 1 saturated heterocycles. The zero-order chi connectivity index (χ0) is 20.1. The van der Waals surface area contributed by atoms with E-state index in [0.29, 0.717) is 23.4 Å². The van der Waals surface area contributed by atoms with Crippen molar-refractivity contribution in [2.75, 3.05) is 23.7 Å². The summed E-state index contributed by atoms with van der Waals surface area (Å²) >= 11 is 0. The fraction of sp³-hybridized carbons (Fsp3) is 0.364. The van der Waals surface area contributed by atoms with Gasteiger partial charge in [0.05, 0.1) is 12.0 Å². The highest BCUT2D eigenvalue weighted by Gasteiger charge is 2.28. The van der Waals surface area contributed by atoms with Crippen molar-refractivity contribution < 1.29 is 0 Å². The number of piperidine rings is 1. The highest BCUT2D eigenvalue weighted by atomic mass is 15.2. The quantitative estimate of drug-likeness (QED) is 0.880. The molecule has 0 radical (unpaired) electrons. The number of benzene rings is 1. The maximum absolute atomic E-state index is 9.91. The fourth-order valence-electron chi connectivity index (χ4n) is 3.69. The van der Waals surface area contributed by atoms with Gasteiger partial charge in [0.25, 0.3) is 0 Å². The lowest BCUT2D eigenvalue weighted by Crippen LogP contribution is -2.31. The standard InChI is InChI=1S/C22H22N6/c1-15-5-7-16(8-6-15)11-17(12-23)20-18(13-24)21(26)27-22(19(20)14-25)28-9-3-2-4-10-28/h5-8,17H,2-4,9-11H2,1H3,(H2,26,27). The number of hydrogen-bond acceptors (Lipinski definition) is 6. The van der Waals surface area contributed by atoms with Crippen LogP contribution in [0.2, 0.25) is 0 Å². The summed E-state index contributed by atoms with van der Waals surface area (Å²) in [6.45, 7) is 3.59. The van der Waals surface area contributed by atoms with Crippen LogP contribution in [0.25, 0.3) is 0 Å². The summed E-state index contributed by atoms with van der Waals surface area (Å²) in [6.07, 6.45) is 3.59. The summed E-state index contributed by atoms with van der Waals surface area (Å²) in [4.78, 5) is 6.43. The van der Waals surface area contributed by atoms with Gasteiger partial charge in [-0.05, 0) is 38.2 Å². The number of nitrogens with zero attached hydrogens (tertiary/aromatic N) is 5. The van der Waals surface area contributed by atoms with Gasteiger partial charge >= 0.3 is 0 Å². The summed E-state index contributed by atoms with van der Waals surface area (Å²) in [5.74, 6) is -0.0695. The van der Waals surface area contributed by atoms with Gasteiger partial charge in [-0.15, -0.1) is 0 Å². The predicted octanol–water partition coefficient (Wildman–Crippen LogP) is 3.56. The number of nitrogen functional groups attached to an aromatic ring is 1. The van der Waals surface area contributed by atoms with Crippen molar-refractivity contribution >= 4 is 11.6 Å². The molecule has 0 spiro atoms. The Bertz CT molecular complexity index is 982. The van der Waals surface area contributed by atoms with Gasteiger partial charge in [-0.2, -0.15) is 15.8 Å². The van der Waals surface area contributed by atoms with Crippen molar-refractivity contribution in [3.63, 3.8) is 0 Å². The molecule has 6 heteroatoms. The summed E-state index contributed by atoms with van der Waals surface area (Å²) in [7, 11) is 0. The second-order valence-electron chi connectivity index (χ2n) is 7.13. The molecule has 28 heavy (non-hydrogen) atoms. The molecule has 0 aliphatic carbocycles. The Morgan fingerprint density at radius 3 is 2.25 bits per heavy atom. The maximum atomic E-state index is 9.91. The van der Waals surface area contributed by atoms with Gasteiger partial charge in [-0.25, -0.2) is 4.98 Å². The predicted molar refractivity (Wildman–Crippen MR) is 107 cm³/mol. The largest absolute Gasteiger partial charge is 0.383 e. The minimum Gasteiger partial charge on any atom is -0.383 e. The van der Waals surface area contributed by atoms with E-state index >= 15 is 0 Å². The molecule has 1 aliphatic heterocycles. The number of anilines is 2. The van der Waals surface area contributed by atoms with Crippen molar-refractivity contribution in [2.24, 2.45) is 0 Å². The van der Waals surface area contributed by atoms with Crippen LogP contribution in [0.3, 0.4) is 0 Å². The Morgan fingerprint density at radius 2 is 1.68 bits per heavy atom. The molecule has 1 aliphatic rings. The Hall–Kier alpha value is -3.56. The number of pyridine rings is 1. The van der Waals surface area contributed by atoms with Gasteiger partial charge in [-0.1, -0.05) is 29.8 Å². The Balaban J connectivity index is 2.12. The highest BCUT2D eigenvalue weighted by molar-refractivity contribution is 5.70. The van der Waals surface area contributed by atoms with Crippen LogP contribution in [-0.2, 0) is 6.42 Å². The average molecular weight is 370 g/mol. The lowest BCUT2D eigenvalue weighted by molar-refractivity contribution is 0.573. The van der Waals surface area contributed by atoms with E-state index in [1.54, 1.807) is 0 Å². The van der Waals surface area contributed by atoms with E-state index in [2.05, 4.69) is 23.2 Å². The first-order valence-corrected chi connectivity index (χ1v) is 9.42. The van der Waals surface area contributed by atoms with Gasteiger partial charge in [-0.3, -0.25) is 0 Å². The molecule has 2 N–H and O–H groups in total. The Morgan fingerprint density at radius 1 is 1.04 bits per heavy atom. The topological polar surface area (TPSA) is 114 Å². The fourth-order valence-corrected chi connectivity index (χ4v) is 3.69. The first kappa shape index (κ1) is 19.2. The molecule has 1 aromatic heterocycles. The normalized spacial score (nSPS) is 14.6. The molecule has 0 saturated carbocycles. The second-order valence-corrected chi connectivity index (χ2v) is 7.13. The molecule has 1 fully saturated rings. The zero-order valence-electron chi connectivity index (χ0n) is 15.9. The summed E-state index contributed by atoms with van der Waals surface area (Å²) in [5.41, 5.74) is 9.03. The molecule has 140 valence electrons. The first-order valence-electron chi connectivity index (χ1n) is 9.42. The maximum Gasteiger partial charge on any atom is 0.149 e. The van der Waals surface area contributed by atoms with E-state index in [0.717, 1.165) is 43.5 Å². The van der Waals surface area contributed by atoms with Crippen molar-refractivity contribution in [1.29, 1.82) is 15.8 Å². The van der Waals surface area contributed by atoms with Crippen LogP contribution in [0, 0.1) is 40.9 Å². The van der Waals surface area contributed by atoms with Crippen LogP contribution in [0.1, 0.15) is 53.0 Å². The van der Waals surface area contributed by atoms with Crippen LogP contribution >= 0.6 is 0 Å². The molecule has 3 rings (SSSR count). The molecule has 0 amide bonds. The van der Waals surface area contributed by atoms with E-state index < -0.39 is 5.92 Å². The van der Waals surface area contributed by atoms with Crippen LogP contribution in [0.4, 0.5) is 11.6 Å². The second kappa shape index (κ2) is 8.42. The number of hydrogen-bond donors (Lipinski definition) is 1. The van der Waals surface area contributed by atoms with Gasteiger partial charge in [0.1, 0.15) is 34.9 Å². The van der Waals surface area contributed by atoms with Crippen molar-refractivity contribution in [3.05, 3.63) is 52.1 Å². The number of rotatable bonds is 4. The minimum atomic E-state index is -0.652. The third-order valence-electron chi connectivity index (χ3n) is 5.19. The number of nitriles is 3. The molecule has 1 aromatic carbocycles. The summed E-state index contributed by atoms with van der Waals surface area (Å²) < 4.78 is 0. The van der Waals surface area contributed by atoms with Crippen LogP contribution in [-0.4, -0.2) is 18.1 Å². The van der Waals surface area contributed by atoms with Crippen molar-refractivity contribution in [1.82, 2.24) is 4.98 Å². The molecular weight excluding hydrogens is 348 g/mol. The smallest absolute Gasteiger partial charge is 0.149 e. The van der Waals surface area contributed by atoms with Crippen LogP contribution in [0.5, 0.6) is 0 Å². The molecular formula is C22H22N6. The summed E-state index contributed by atoms with van der Waals surface area (Å²) in [5, 5.41) is 29.5. The van der Waals surface area contributed by atoms with Gasteiger partial charge in [0, 0.05) is 18.7 Å². The molecule has 2 aromatic rings. The zero-order valence-corrected chi connectivity index (χ0v) is 15.9.